The summed E-state index contributed by atoms with van der Waals surface area (Å²) in [5, 5.41) is 5.66. The average Bonchev–Trinajstić information content (AvgIpc) is 2.74. The number of carbonyl (C=O) groups excluding carboxylic acids is 3. The normalized spacial score (nSPS) is 14.0. The highest BCUT2D eigenvalue weighted by Gasteiger charge is 2.39. The molecule has 0 heterocycles. The van der Waals surface area contributed by atoms with Crippen LogP contribution in [0.25, 0.3) is 0 Å². The number of carbonyl (C=O) groups is 3. The molecule has 0 aromatic heterocycles. The second-order valence-corrected chi connectivity index (χ2v) is 10.1. The SMILES string of the molecule is CCCCNC(=O)C(c1c(C)cccc1C)N(C(=O)C(CS)NC(=O)OC(C)(C)C)C(C)CC. The zero-order chi connectivity index (χ0) is 26.1. The molecular formula is C26H43N3O4S. The summed E-state index contributed by atoms with van der Waals surface area (Å²) in [7, 11) is 0. The minimum Gasteiger partial charge on any atom is -0.444 e. The molecule has 0 aliphatic heterocycles. The molecule has 0 aliphatic rings. The van der Waals surface area contributed by atoms with E-state index in [4.69, 9.17) is 4.74 Å². The quantitative estimate of drug-likeness (QED) is 0.308. The number of nitrogens with zero attached hydrogens (tertiary/aromatic N) is 1. The van der Waals surface area contributed by atoms with E-state index in [-0.39, 0.29) is 23.6 Å². The Kier molecular flexibility index (Phi) is 11.9. The maximum absolute atomic E-state index is 13.9. The van der Waals surface area contributed by atoms with Gasteiger partial charge in [0.1, 0.15) is 17.7 Å². The molecule has 0 spiro atoms. The fourth-order valence-corrected chi connectivity index (χ4v) is 4.00. The van der Waals surface area contributed by atoms with E-state index in [1.807, 2.05) is 45.9 Å². The topological polar surface area (TPSA) is 87.7 Å². The van der Waals surface area contributed by atoms with Gasteiger partial charge in [-0.3, -0.25) is 9.59 Å². The molecular weight excluding hydrogens is 450 g/mol. The van der Waals surface area contributed by atoms with Gasteiger partial charge >= 0.3 is 6.09 Å². The molecule has 7 nitrogen and oxygen atoms in total. The van der Waals surface area contributed by atoms with Gasteiger partial charge in [0.15, 0.2) is 0 Å². The van der Waals surface area contributed by atoms with Gasteiger partial charge in [0.2, 0.25) is 11.8 Å². The lowest BCUT2D eigenvalue weighted by Gasteiger charge is -2.39. The molecule has 3 amide bonds. The number of aryl methyl sites for hydroxylation is 2. The molecule has 0 saturated carbocycles. The fraction of sp³-hybridized carbons (Fsp3) is 0.654. The zero-order valence-electron chi connectivity index (χ0n) is 22.0. The van der Waals surface area contributed by atoms with Crippen molar-refractivity contribution in [1.82, 2.24) is 15.5 Å². The molecule has 3 atom stereocenters. The number of benzene rings is 1. The van der Waals surface area contributed by atoms with Crippen LogP contribution in [-0.2, 0) is 14.3 Å². The third-order valence-electron chi connectivity index (χ3n) is 5.66. The smallest absolute Gasteiger partial charge is 0.408 e. The van der Waals surface area contributed by atoms with Crippen LogP contribution in [-0.4, -0.2) is 52.8 Å². The number of hydrogen-bond donors (Lipinski definition) is 3. The van der Waals surface area contributed by atoms with Gasteiger partial charge in [-0.05, 0) is 71.1 Å². The van der Waals surface area contributed by atoms with Crippen molar-refractivity contribution in [2.24, 2.45) is 0 Å². The summed E-state index contributed by atoms with van der Waals surface area (Å²) in [5.74, 6) is -0.523. The molecule has 1 aromatic rings. The highest BCUT2D eigenvalue weighted by molar-refractivity contribution is 7.80. The van der Waals surface area contributed by atoms with Gasteiger partial charge < -0.3 is 20.3 Å². The van der Waals surface area contributed by atoms with Crippen molar-refractivity contribution in [2.45, 2.75) is 98.4 Å². The molecule has 0 bridgehead atoms. The van der Waals surface area contributed by atoms with Crippen molar-refractivity contribution in [3.8, 4) is 0 Å². The third-order valence-corrected chi connectivity index (χ3v) is 6.03. The number of hydrogen-bond acceptors (Lipinski definition) is 5. The Bertz CT molecular complexity index is 818. The minimum absolute atomic E-state index is 0.0714. The van der Waals surface area contributed by atoms with E-state index in [1.54, 1.807) is 25.7 Å². The lowest BCUT2D eigenvalue weighted by atomic mass is 9.92. The molecule has 0 saturated heterocycles. The van der Waals surface area contributed by atoms with Crippen LogP contribution in [0.3, 0.4) is 0 Å². The molecule has 1 aromatic carbocycles. The van der Waals surface area contributed by atoms with Crippen molar-refractivity contribution in [2.75, 3.05) is 12.3 Å². The fourth-order valence-electron chi connectivity index (χ4n) is 3.75. The van der Waals surface area contributed by atoms with E-state index < -0.39 is 23.8 Å². The summed E-state index contributed by atoms with van der Waals surface area (Å²) in [4.78, 5) is 41.5. The van der Waals surface area contributed by atoms with Gasteiger partial charge in [-0.25, -0.2) is 4.79 Å². The average molecular weight is 494 g/mol. The van der Waals surface area contributed by atoms with Crippen LogP contribution >= 0.6 is 12.6 Å². The van der Waals surface area contributed by atoms with E-state index in [0.29, 0.717) is 13.0 Å². The lowest BCUT2D eigenvalue weighted by Crippen LogP contribution is -2.56. The van der Waals surface area contributed by atoms with Crippen LogP contribution in [0, 0.1) is 13.8 Å². The van der Waals surface area contributed by atoms with Crippen LogP contribution < -0.4 is 10.6 Å². The van der Waals surface area contributed by atoms with Gasteiger partial charge in [-0.2, -0.15) is 12.6 Å². The number of unbranched alkanes of at least 4 members (excludes halogenated alkanes) is 1. The van der Waals surface area contributed by atoms with Crippen molar-refractivity contribution in [1.29, 1.82) is 0 Å². The van der Waals surface area contributed by atoms with Crippen LogP contribution in [0.4, 0.5) is 4.79 Å². The number of thiol groups is 1. The summed E-state index contributed by atoms with van der Waals surface area (Å²) >= 11 is 4.33. The summed E-state index contributed by atoms with van der Waals surface area (Å²) in [6.45, 7) is 15.6. The van der Waals surface area contributed by atoms with E-state index in [2.05, 4.69) is 30.2 Å². The maximum atomic E-state index is 13.9. The number of amides is 3. The summed E-state index contributed by atoms with van der Waals surface area (Å²) in [5.41, 5.74) is 1.96. The largest absolute Gasteiger partial charge is 0.444 e. The Balaban J connectivity index is 3.48. The molecule has 3 unspecified atom stereocenters. The van der Waals surface area contributed by atoms with Crippen molar-refractivity contribution in [3.05, 3.63) is 34.9 Å². The molecule has 0 radical (unpaired) electrons. The van der Waals surface area contributed by atoms with Crippen molar-refractivity contribution >= 4 is 30.5 Å². The number of nitrogens with one attached hydrogen (secondary N) is 2. The third kappa shape index (κ3) is 8.53. The van der Waals surface area contributed by atoms with Crippen LogP contribution in [0.15, 0.2) is 18.2 Å². The van der Waals surface area contributed by atoms with Gasteiger partial charge in [0.05, 0.1) is 0 Å². The van der Waals surface area contributed by atoms with Gasteiger partial charge in [-0.15, -0.1) is 0 Å². The lowest BCUT2D eigenvalue weighted by molar-refractivity contribution is -0.144. The van der Waals surface area contributed by atoms with E-state index >= 15 is 0 Å². The number of ether oxygens (including phenoxy) is 1. The summed E-state index contributed by atoms with van der Waals surface area (Å²) in [6, 6.07) is 3.81. The van der Waals surface area contributed by atoms with Crippen LogP contribution in [0.2, 0.25) is 0 Å². The van der Waals surface area contributed by atoms with Crippen molar-refractivity contribution < 1.29 is 19.1 Å². The van der Waals surface area contributed by atoms with Gasteiger partial charge in [-0.1, -0.05) is 38.5 Å². The van der Waals surface area contributed by atoms with E-state index in [1.165, 1.54) is 0 Å². The van der Waals surface area contributed by atoms with E-state index in [0.717, 1.165) is 29.5 Å². The summed E-state index contributed by atoms with van der Waals surface area (Å²) in [6.07, 6.45) is 1.74. The molecule has 8 heteroatoms. The van der Waals surface area contributed by atoms with Gasteiger partial charge in [0.25, 0.3) is 0 Å². The second kappa shape index (κ2) is 13.6. The van der Waals surface area contributed by atoms with Crippen LogP contribution in [0.5, 0.6) is 0 Å². The Morgan fingerprint density at radius 1 is 1.12 bits per heavy atom. The Morgan fingerprint density at radius 3 is 2.18 bits per heavy atom. The Hall–Kier alpha value is -2.22. The van der Waals surface area contributed by atoms with Gasteiger partial charge in [0, 0.05) is 18.3 Å². The molecule has 34 heavy (non-hydrogen) atoms. The van der Waals surface area contributed by atoms with Crippen molar-refractivity contribution in [3.63, 3.8) is 0 Å². The predicted octanol–water partition coefficient (Wildman–Crippen LogP) is 4.71. The first-order chi connectivity index (χ1) is 15.9. The summed E-state index contributed by atoms with van der Waals surface area (Å²) < 4.78 is 5.35. The van der Waals surface area contributed by atoms with E-state index in [9.17, 15) is 14.4 Å². The minimum atomic E-state index is -0.942. The highest BCUT2D eigenvalue weighted by Crippen LogP contribution is 2.31. The first-order valence-electron chi connectivity index (χ1n) is 12.1. The maximum Gasteiger partial charge on any atom is 0.408 e. The molecule has 0 aliphatic carbocycles. The molecule has 1 rings (SSSR count). The number of alkyl carbamates (subject to hydrolysis) is 1. The Morgan fingerprint density at radius 2 is 1.71 bits per heavy atom. The highest BCUT2D eigenvalue weighted by atomic mass is 32.1. The molecule has 2 N–H and O–H groups in total. The zero-order valence-corrected chi connectivity index (χ0v) is 22.9. The first kappa shape index (κ1) is 29.8. The number of rotatable bonds is 11. The molecule has 192 valence electrons. The molecule has 0 fully saturated rings. The standard InChI is InChI=1S/C26H43N3O4S/c1-9-11-15-27-23(30)22(21-17(3)13-12-14-18(21)4)29(19(5)10-2)24(31)20(16-34)28-25(32)33-26(6,7)8/h12-14,19-20,22,34H,9-11,15-16H2,1-8H3,(H,27,30)(H,28,32). The predicted molar refractivity (Wildman–Crippen MR) is 140 cm³/mol. The monoisotopic (exact) mass is 493 g/mol. The first-order valence-corrected chi connectivity index (χ1v) is 12.8. The van der Waals surface area contributed by atoms with Crippen LogP contribution in [0.1, 0.15) is 83.5 Å². The second-order valence-electron chi connectivity index (χ2n) is 9.74. The Labute approximate surface area is 210 Å².